The lowest BCUT2D eigenvalue weighted by Gasteiger charge is -2.45. The zero-order valence-electron chi connectivity index (χ0n) is 18.6. The average molecular weight is 502 g/mol. The van der Waals surface area contributed by atoms with Crippen LogP contribution >= 0.6 is 0 Å². The molecule has 8 heteroatoms. The van der Waals surface area contributed by atoms with Crippen molar-refractivity contribution in [3.63, 3.8) is 0 Å². The van der Waals surface area contributed by atoms with Gasteiger partial charge in [0, 0.05) is 0 Å². The smallest absolute Gasteiger partial charge is 0.377 e. The normalized spacial score (nSPS) is 15.7. The predicted octanol–water partition coefficient (Wildman–Crippen LogP) is 6.90. The number of halogens is 6. The highest BCUT2D eigenvalue weighted by Crippen LogP contribution is 2.51. The number of aliphatic hydroxyl groups is 2. The monoisotopic (exact) mass is 502 g/mol. The van der Waals surface area contributed by atoms with Crippen molar-refractivity contribution in [3.05, 3.63) is 143 Å². The van der Waals surface area contributed by atoms with Crippen LogP contribution in [0.3, 0.4) is 0 Å². The molecule has 0 radical (unpaired) electrons. The maximum atomic E-state index is 13.6. The molecule has 0 heterocycles. The van der Waals surface area contributed by atoms with E-state index in [0.29, 0.717) is 12.1 Å². The summed E-state index contributed by atoms with van der Waals surface area (Å²) in [5, 5.41) is 24.7. The molecule has 2 unspecified atom stereocenters. The molecule has 0 fully saturated rings. The number of rotatable bonds is 5. The second-order valence-electron chi connectivity index (χ2n) is 8.31. The van der Waals surface area contributed by atoms with Gasteiger partial charge in [-0.05, 0) is 46.5 Å². The minimum atomic E-state index is -4.77. The minimum absolute atomic E-state index is 0.0203. The summed E-state index contributed by atoms with van der Waals surface area (Å²) >= 11 is 0. The molecule has 2 N–H and O–H groups in total. The van der Waals surface area contributed by atoms with Gasteiger partial charge in [-0.3, -0.25) is 0 Å². The predicted molar refractivity (Wildman–Crippen MR) is 122 cm³/mol. The highest BCUT2D eigenvalue weighted by molar-refractivity contribution is 5.52. The molecule has 36 heavy (non-hydrogen) atoms. The molecule has 4 aromatic rings. The third-order valence-corrected chi connectivity index (χ3v) is 6.12. The molecular formula is C28H20F6O2. The fourth-order valence-corrected chi connectivity index (χ4v) is 4.37. The molecule has 0 amide bonds. The summed E-state index contributed by atoms with van der Waals surface area (Å²) in [6.07, 6.45) is -9.54. The first kappa shape index (κ1) is 25.5. The maximum Gasteiger partial charge on any atom is 0.416 e. The van der Waals surface area contributed by atoms with E-state index in [4.69, 9.17) is 0 Å². The van der Waals surface area contributed by atoms with Crippen molar-refractivity contribution in [2.45, 2.75) is 23.6 Å². The van der Waals surface area contributed by atoms with Crippen molar-refractivity contribution in [1.29, 1.82) is 0 Å². The molecule has 0 aliphatic heterocycles. The maximum absolute atomic E-state index is 13.6. The fourth-order valence-electron chi connectivity index (χ4n) is 4.37. The van der Waals surface area contributed by atoms with E-state index >= 15 is 0 Å². The van der Waals surface area contributed by atoms with Gasteiger partial charge in [-0.15, -0.1) is 0 Å². The quantitative estimate of drug-likeness (QED) is 0.292. The van der Waals surface area contributed by atoms with Crippen LogP contribution in [0.25, 0.3) is 0 Å². The van der Waals surface area contributed by atoms with Gasteiger partial charge < -0.3 is 10.2 Å². The van der Waals surface area contributed by atoms with Crippen LogP contribution in [0.15, 0.2) is 109 Å². The van der Waals surface area contributed by atoms with Crippen LogP contribution in [-0.2, 0) is 23.6 Å². The van der Waals surface area contributed by atoms with Crippen molar-refractivity contribution in [2.75, 3.05) is 0 Å². The number of benzene rings is 4. The van der Waals surface area contributed by atoms with Crippen LogP contribution in [0.2, 0.25) is 0 Å². The van der Waals surface area contributed by atoms with Crippen molar-refractivity contribution in [1.82, 2.24) is 0 Å². The van der Waals surface area contributed by atoms with Crippen molar-refractivity contribution in [2.24, 2.45) is 0 Å². The van der Waals surface area contributed by atoms with Gasteiger partial charge in [-0.1, -0.05) is 84.9 Å². The van der Waals surface area contributed by atoms with E-state index in [2.05, 4.69) is 0 Å². The third-order valence-electron chi connectivity index (χ3n) is 6.12. The number of hydrogen-bond acceptors (Lipinski definition) is 2. The second kappa shape index (κ2) is 9.11. The van der Waals surface area contributed by atoms with Crippen LogP contribution in [0.5, 0.6) is 0 Å². The van der Waals surface area contributed by atoms with Gasteiger partial charge in [-0.2, -0.15) is 26.3 Å². The number of hydrogen-bond donors (Lipinski definition) is 2. The van der Waals surface area contributed by atoms with Crippen molar-refractivity contribution in [3.8, 4) is 0 Å². The van der Waals surface area contributed by atoms with E-state index < -0.39 is 34.7 Å². The highest BCUT2D eigenvalue weighted by atomic mass is 19.4. The molecule has 0 aromatic heterocycles. The summed E-state index contributed by atoms with van der Waals surface area (Å²) in [5.41, 5.74) is -8.20. The molecule has 4 aromatic carbocycles. The Morgan fingerprint density at radius 2 is 0.639 bits per heavy atom. The van der Waals surface area contributed by atoms with Crippen LogP contribution in [0, 0.1) is 0 Å². The Bertz CT molecular complexity index is 1230. The Balaban J connectivity index is 2.12. The van der Waals surface area contributed by atoms with Crippen LogP contribution in [0.4, 0.5) is 26.3 Å². The molecule has 0 aliphatic carbocycles. The van der Waals surface area contributed by atoms with E-state index in [9.17, 15) is 36.6 Å². The fraction of sp³-hybridized carbons (Fsp3) is 0.143. The third kappa shape index (κ3) is 4.38. The Morgan fingerprint density at radius 3 is 0.944 bits per heavy atom. The molecule has 186 valence electrons. The summed E-state index contributed by atoms with van der Waals surface area (Å²) < 4.78 is 81.7. The van der Waals surface area contributed by atoms with Gasteiger partial charge in [0.15, 0.2) is 11.2 Å². The Hall–Kier alpha value is -3.62. The first-order valence-corrected chi connectivity index (χ1v) is 10.8. The van der Waals surface area contributed by atoms with Crippen molar-refractivity contribution >= 4 is 0 Å². The van der Waals surface area contributed by atoms with Gasteiger partial charge in [0.2, 0.25) is 0 Å². The molecule has 0 bridgehead atoms. The summed E-state index contributed by atoms with van der Waals surface area (Å²) in [7, 11) is 0. The first-order valence-electron chi connectivity index (χ1n) is 10.8. The van der Waals surface area contributed by atoms with Gasteiger partial charge >= 0.3 is 12.4 Å². The summed E-state index contributed by atoms with van der Waals surface area (Å²) in [4.78, 5) is 0. The average Bonchev–Trinajstić information content (AvgIpc) is 2.88. The van der Waals surface area contributed by atoms with E-state index in [1.54, 1.807) is 12.1 Å². The Morgan fingerprint density at radius 1 is 0.361 bits per heavy atom. The molecule has 0 aliphatic rings. The minimum Gasteiger partial charge on any atom is -0.377 e. The van der Waals surface area contributed by atoms with Crippen LogP contribution in [-0.4, -0.2) is 10.2 Å². The van der Waals surface area contributed by atoms with Gasteiger partial charge in [0.25, 0.3) is 0 Å². The number of alkyl halides is 6. The van der Waals surface area contributed by atoms with Gasteiger partial charge in [0.05, 0.1) is 11.1 Å². The summed E-state index contributed by atoms with van der Waals surface area (Å²) in [6.45, 7) is 0. The molecule has 0 spiro atoms. The Labute approximate surface area is 203 Å². The van der Waals surface area contributed by atoms with Crippen LogP contribution < -0.4 is 0 Å². The topological polar surface area (TPSA) is 40.5 Å². The first-order chi connectivity index (χ1) is 16.9. The van der Waals surface area contributed by atoms with E-state index in [1.807, 2.05) is 0 Å². The standard InChI is InChI=1S/C28H20F6O2/c29-27(30,31)23-15-7-13-21(17-23)25(35,19-9-3-1-4-10-19)26(36,20-11-5-2-6-12-20)22-14-8-16-24(18-22)28(32,33)34/h1-18,35-36H. The molecule has 0 saturated heterocycles. The van der Waals surface area contributed by atoms with E-state index in [0.717, 1.165) is 24.3 Å². The lowest BCUT2D eigenvalue weighted by atomic mass is 9.66. The zero-order valence-corrected chi connectivity index (χ0v) is 18.6. The molecule has 2 nitrogen and oxygen atoms in total. The highest BCUT2D eigenvalue weighted by Gasteiger charge is 2.55. The van der Waals surface area contributed by atoms with E-state index in [-0.39, 0.29) is 22.3 Å². The second-order valence-corrected chi connectivity index (χ2v) is 8.31. The van der Waals surface area contributed by atoms with Gasteiger partial charge in [0.1, 0.15) is 0 Å². The Kier molecular flexibility index (Phi) is 6.45. The van der Waals surface area contributed by atoms with Gasteiger partial charge in [-0.25, -0.2) is 0 Å². The largest absolute Gasteiger partial charge is 0.416 e. The van der Waals surface area contributed by atoms with E-state index in [1.165, 1.54) is 60.7 Å². The lowest BCUT2D eigenvalue weighted by Crippen LogP contribution is -2.51. The lowest BCUT2D eigenvalue weighted by molar-refractivity contribution is -0.140. The molecular weight excluding hydrogens is 482 g/mol. The molecule has 0 saturated carbocycles. The van der Waals surface area contributed by atoms with Crippen LogP contribution in [0.1, 0.15) is 33.4 Å². The summed E-state index contributed by atoms with van der Waals surface area (Å²) in [5.74, 6) is 0. The van der Waals surface area contributed by atoms with Crippen molar-refractivity contribution < 1.29 is 36.6 Å². The SMILES string of the molecule is OC(c1ccccc1)(c1cccc(C(F)(F)F)c1)C(O)(c1ccccc1)c1cccc(C(F)(F)F)c1. The zero-order chi connectivity index (χ0) is 26.2. The molecule has 2 atom stereocenters. The summed E-state index contributed by atoms with van der Waals surface area (Å²) in [6, 6.07) is 22.3. The molecule has 4 rings (SSSR count).